The topological polar surface area (TPSA) is 74.5 Å². The van der Waals surface area contributed by atoms with Gasteiger partial charge < -0.3 is 15.5 Å². The largest absolute Gasteiger partial charge is 0.357 e. The number of benzene rings is 1. The van der Waals surface area contributed by atoms with Crippen molar-refractivity contribution in [1.29, 1.82) is 0 Å². The Morgan fingerprint density at radius 2 is 2.06 bits per heavy atom. The van der Waals surface area contributed by atoms with E-state index in [1.807, 2.05) is 40.9 Å². The SMILES string of the molecule is CCNC(=NCc1ccccc1Cn1cccn1)NCC(=O)N1CCc2sccc2C1. The van der Waals surface area contributed by atoms with Gasteiger partial charge in [0.2, 0.25) is 5.91 Å². The molecule has 2 aromatic heterocycles. The Bertz CT molecular complexity index is 1030. The van der Waals surface area contributed by atoms with E-state index in [0.29, 0.717) is 25.6 Å². The van der Waals surface area contributed by atoms with Crippen LogP contribution in [0.5, 0.6) is 0 Å². The van der Waals surface area contributed by atoms with Gasteiger partial charge in [-0.1, -0.05) is 24.3 Å². The number of hydrogen-bond acceptors (Lipinski definition) is 4. The minimum Gasteiger partial charge on any atom is -0.357 e. The third-order valence-corrected chi connectivity index (χ3v) is 6.35. The third kappa shape index (κ3) is 5.52. The number of guanidine groups is 1. The normalized spacial score (nSPS) is 13.7. The van der Waals surface area contributed by atoms with Crippen LogP contribution in [0, 0.1) is 0 Å². The summed E-state index contributed by atoms with van der Waals surface area (Å²) in [7, 11) is 0. The lowest BCUT2D eigenvalue weighted by molar-refractivity contribution is -0.130. The first-order chi connectivity index (χ1) is 15.2. The number of thiophene rings is 1. The summed E-state index contributed by atoms with van der Waals surface area (Å²) >= 11 is 1.78. The molecule has 3 aromatic rings. The number of carbonyl (C=O) groups is 1. The minimum absolute atomic E-state index is 0.0986. The molecule has 8 heteroatoms. The summed E-state index contributed by atoms with van der Waals surface area (Å²) in [5.41, 5.74) is 3.60. The van der Waals surface area contributed by atoms with Crippen LogP contribution in [-0.4, -0.2) is 46.2 Å². The van der Waals surface area contributed by atoms with Crippen molar-refractivity contribution in [2.75, 3.05) is 19.6 Å². The summed E-state index contributed by atoms with van der Waals surface area (Å²) in [4.78, 5) is 20.8. The molecule has 1 amide bonds. The fourth-order valence-electron chi connectivity index (χ4n) is 3.67. The second-order valence-electron chi connectivity index (χ2n) is 7.46. The first-order valence-corrected chi connectivity index (χ1v) is 11.5. The summed E-state index contributed by atoms with van der Waals surface area (Å²) in [5, 5.41) is 12.8. The van der Waals surface area contributed by atoms with Crippen molar-refractivity contribution in [3.8, 4) is 0 Å². The van der Waals surface area contributed by atoms with Crippen LogP contribution in [0.15, 0.2) is 59.2 Å². The molecule has 3 heterocycles. The fourth-order valence-corrected chi connectivity index (χ4v) is 4.56. The van der Waals surface area contributed by atoms with Crippen molar-refractivity contribution < 1.29 is 4.79 Å². The van der Waals surface area contributed by atoms with E-state index in [0.717, 1.165) is 25.1 Å². The van der Waals surface area contributed by atoms with Crippen LogP contribution >= 0.6 is 11.3 Å². The first-order valence-electron chi connectivity index (χ1n) is 10.6. The van der Waals surface area contributed by atoms with Crippen molar-refractivity contribution in [2.45, 2.75) is 33.0 Å². The van der Waals surface area contributed by atoms with Gasteiger partial charge in [-0.3, -0.25) is 9.48 Å². The maximum Gasteiger partial charge on any atom is 0.242 e. The molecule has 7 nitrogen and oxygen atoms in total. The van der Waals surface area contributed by atoms with E-state index in [1.165, 1.54) is 16.0 Å². The highest BCUT2D eigenvalue weighted by Crippen LogP contribution is 2.23. The molecule has 162 valence electrons. The molecule has 0 atom stereocenters. The number of nitrogens with one attached hydrogen (secondary N) is 2. The molecule has 0 fully saturated rings. The highest BCUT2D eigenvalue weighted by molar-refractivity contribution is 7.10. The highest BCUT2D eigenvalue weighted by atomic mass is 32.1. The molecular weight excluding hydrogens is 408 g/mol. The molecular formula is C23H28N6OS. The summed E-state index contributed by atoms with van der Waals surface area (Å²) in [6, 6.07) is 12.3. The van der Waals surface area contributed by atoms with Gasteiger partial charge in [-0.05, 0) is 47.5 Å². The van der Waals surface area contributed by atoms with Crippen LogP contribution < -0.4 is 10.6 Å². The molecule has 0 aliphatic carbocycles. The summed E-state index contributed by atoms with van der Waals surface area (Å²) in [6.45, 7) is 5.71. The van der Waals surface area contributed by atoms with Gasteiger partial charge in [-0.25, -0.2) is 4.99 Å². The minimum atomic E-state index is 0.0986. The van der Waals surface area contributed by atoms with Crippen molar-refractivity contribution >= 4 is 23.2 Å². The van der Waals surface area contributed by atoms with Crippen molar-refractivity contribution in [3.63, 3.8) is 0 Å². The van der Waals surface area contributed by atoms with Crippen LogP contribution in [0.4, 0.5) is 0 Å². The predicted octanol–water partition coefficient (Wildman–Crippen LogP) is 2.63. The maximum absolute atomic E-state index is 12.7. The number of rotatable bonds is 7. The van der Waals surface area contributed by atoms with E-state index in [9.17, 15) is 4.79 Å². The van der Waals surface area contributed by atoms with Gasteiger partial charge in [-0.2, -0.15) is 5.10 Å². The van der Waals surface area contributed by atoms with Crippen molar-refractivity contribution in [1.82, 2.24) is 25.3 Å². The Morgan fingerprint density at radius 3 is 2.87 bits per heavy atom. The Kier molecular flexibility index (Phi) is 6.99. The molecule has 0 saturated heterocycles. The number of hydrogen-bond donors (Lipinski definition) is 2. The van der Waals surface area contributed by atoms with E-state index in [2.05, 4.69) is 39.3 Å². The van der Waals surface area contributed by atoms with E-state index >= 15 is 0 Å². The number of amides is 1. The average molecular weight is 437 g/mol. The number of aliphatic imine (C=N–C) groups is 1. The molecule has 0 bridgehead atoms. The van der Waals surface area contributed by atoms with Crippen LogP contribution in [-0.2, 0) is 30.8 Å². The molecule has 2 N–H and O–H groups in total. The predicted molar refractivity (Wildman–Crippen MR) is 124 cm³/mol. The molecule has 0 radical (unpaired) electrons. The lowest BCUT2D eigenvalue weighted by Gasteiger charge is -2.27. The molecule has 4 rings (SSSR count). The molecule has 1 aromatic carbocycles. The molecule has 31 heavy (non-hydrogen) atoms. The summed E-state index contributed by atoms with van der Waals surface area (Å²) in [6.07, 6.45) is 4.68. The van der Waals surface area contributed by atoms with Gasteiger partial charge in [0.05, 0.1) is 19.6 Å². The van der Waals surface area contributed by atoms with Gasteiger partial charge >= 0.3 is 0 Å². The van der Waals surface area contributed by atoms with Crippen LogP contribution in [0.3, 0.4) is 0 Å². The second kappa shape index (κ2) is 10.3. The standard InChI is InChI=1S/C23H28N6OS/c1-2-24-23(26-15-22(30)28-12-8-21-20(16-28)9-13-31-21)25-14-18-6-3-4-7-19(18)17-29-11-5-10-27-29/h3-7,9-11,13H,2,8,12,14-17H2,1H3,(H2,24,25,26). The van der Waals surface area contributed by atoms with Crippen molar-refractivity contribution in [2.24, 2.45) is 4.99 Å². The number of fused-ring (bicyclic) bond motifs is 1. The molecule has 1 aliphatic heterocycles. The first kappa shape index (κ1) is 21.1. The van der Waals surface area contributed by atoms with E-state index < -0.39 is 0 Å². The molecule has 0 unspecified atom stereocenters. The van der Waals surface area contributed by atoms with Gasteiger partial charge in [-0.15, -0.1) is 11.3 Å². The van der Waals surface area contributed by atoms with E-state index in [4.69, 9.17) is 4.99 Å². The average Bonchev–Trinajstić information content (AvgIpc) is 3.47. The number of nitrogens with zero attached hydrogens (tertiary/aromatic N) is 4. The summed E-state index contributed by atoms with van der Waals surface area (Å²) < 4.78 is 1.90. The lowest BCUT2D eigenvalue weighted by atomic mass is 10.1. The van der Waals surface area contributed by atoms with E-state index in [-0.39, 0.29) is 12.5 Å². The van der Waals surface area contributed by atoms with Gasteiger partial charge in [0, 0.05) is 36.9 Å². The zero-order chi connectivity index (χ0) is 21.5. The van der Waals surface area contributed by atoms with Crippen molar-refractivity contribution in [3.05, 3.63) is 75.7 Å². The zero-order valence-electron chi connectivity index (χ0n) is 17.8. The maximum atomic E-state index is 12.7. The number of carbonyl (C=O) groups excluding carboxylic acids is 1. The second-order valence-corrected chi connectivity index (χ2v) is 8.46. The monoisotopic (exact) mass is 436 g/mol. The Morgan fingerprint density at radius 1 is 1.19 bits per heavy atom. The molecule has 1 aliphatic rings. The Balaban J connectivity index is 1.36. The summed E-state index contributed by atoms with van der Waals surface area (Å²) in [5.74, 6) is 0.750. The van der Waals surface area contributed by atoms with Crippen LogP contribution in [0.2, 0.25) is 0 Å². The molecule has 0 spiro atoms. The van der Waals surface area contributed by atoms with Crippen LogP contribution in [0.1, 0.15) is 28.5 Å². The Labute approximate surface area is 186 Å². The van der Waals surface area contributed by atoms with Gasteiger partial charge in [0.1, 0.15) is 0 Å². The van der Waals surface area contributed by atoms with Gasteiger partial charge in [0.15, 0.2) is 5.96 Å². The zero-order valence-corrected chi connectivity index (χ0v) is 18.6. The number of aromatic nitrogens is 2. The third-order valence-electron chi connectivity index (χ3n) is 5.33. The highest BCUT2D eigenvalue weighted by Gasteiger charge is 2.21. The van der Waals surface area contributed by atoms with Crippen LogP contribution in [0.25, 0.3) is 0 Å². The quantitative estimate of drug-likeness (QED) is 0.441. The van der Waals surface area contributed by atoms with Gasteiger partial charge in [0.25, 0.3) is 0 Å². The fraction of sp³-hybridized carbons (Fsp3) is 0.348. The Hall–Kier alpha value is -3.13. The smallest absolute Gasteiger partial charge is 0.242 e. The lowest BCUT2D eigenvalue weighted by Crippen LogP contribution is -2.45. The molecule has 0 saturated carbocycles. The van der Waals surface area contributed by atoms with E-state index in [1.54, 1.807) is 17.5 Å².